The van der Waals surface area contributed by atoms with Gasteiger partial charge in [-0.25, -0.2) is 4.98 Å². The van der Waals surface area contributed by atoms with Crippen molar-refractivity contribution in [3.8, 4) is 5.75 Å². The van der Waals surface area contributed by atoms with Crippen molar-refractivity contribution in [1.29, 1.82) is 0 Å². The predicted octanol–water partition coefficient (Wildman–Crippen LogP) is 2.83. The first-order valence-corrected chi connectivity index (χ1v) is 10.0. The van der Waals surface area contributed by atoms with Crippen LogP contribution in [0.25, 0.3) is 0 Å². The standard InChI is InChI=1S/C23H28N4O2/c1-25-12-11-24-23(25)22(28)19-8-4-5-9-20(19)27-15-13-26(14-16-27)17-18-7-3-6-10-21(18)29-2/h3-12,22,28H,13-17H2,1-2H3/t22-/m0/s1. The van der Waals surface area contributed by atoms with Crippen molar-refractivity contribution in [3.63, 3.8) is 0 Å². The van der Waals surface area contributed by atoms with Gasteiger partial charge in [-0.3, -0.25) is 4.90 Å². The maximum atomic E-state index is 10.9. The maximum absolute atomic E-state index is 10.9. The van der Waals surface area contributed by atoms with E-state index < -0.39 is 6.10 Å². The number of methoxy groups -OCH3 is 1. The Morgan fingerprint density at radius 2 is 1.76 bits per heavy atom. The smallest absolute Gasteiger partial charge is 0.142 e. The molecule has 1 aliphatic rings. The lowest BCUT2D eigenvalue weighted by Gasteiger charge is -2.37. The molecule has 2 aromatic carbocycles. The second-order valence-corrected chi connectivity index (χ2v) is 7.43. The molecule has 1 saturated heterocycles. The number of benzene rings is 2. The van der Waals surface area contributed by atoms with Gasteiger partial charge in [0.2, 0.25) is 0 Å². The lowest BCUT2D eigenvalue weighted by atomic mass is 10.0. The summed E-state index contributed by atoms with van der Waals surface area (Å²) in [5.41, 5.74) is 3.20. The van der Waals surface area contributed by atoms with Gasteiger partial charge in [0.15, 0.2) is 0 Å². The molecule has 0 radical (unpaired) electrons. The molecule has 2 heterocycles. The zero-order chi connectivity index (χ0) is 20.2. The Kier molecular flexibility index (Phi) is 5.83. The summed E-state index contributed by atoms with van der Waals surface area (Å²) >= 11 is 0. The number of aryl methyl sites for hydroxylation is 1. The van der Waals surface area contributed by atoms with Crippen molar-refractivity contribution in [2.75, 3.05) is 38.2 Å². The number of imidazole rings is 1. The summed E-state index contributed by atoms with van der Waals surface area (Å²) in [5.74, 6) is 1.60. The van der Waals surface area contributed by atoms with Crippen molar-refractivity contribution in [1.82, 2.24) is 14.5 Å². The van der Waals surface area contributed by atoms with E-state index in [0.717, 1.165) is 49.7 Å². The molecular weight excluding hydrogens is 364 g/mol. The largest absolute Gasteiger partial charge is 0.496 e. The van der Waals surface area contributed by atoms with Crippen LogP contribution in [0.1, 0.15) is 23.1 Å². The van der Waals surface area contributed by atoms with Gasteiger partial charge >= 0.3 is 0 Å². The number of hydrogen-bond acceptors (Lipinski definition) is 5. The van der Waals surface area contributed by atoms with Crippen molar-refractivity contribution in [3.05, 3.63) is 77.9 Å². The molecule has 0 unspecified atom stereocenters. The van der Waals surface area contributed by atoms with Gasteiger partial charge in [-0.15, -0.1) is 0 Å². The van der Waals surface area contributed by atoms with E-state index in [2.05, 4.69) is 33.0 Å². The van der Waals surface area contributed by atoms with Gasteiger partial charge < -0.3 is 19.3 Å². The molecule has 1 atom stereocenters. The highest BCUT2D eigenvalue weighted by Crippen LogP contribution is 2.31. The fourth-order valence-corrected chi connectivity index (χ4v) is 4.01. The number of aromatic nitrogens is 2. The summed E-state index contributed by atoms with van der Waals surface area (Å²) < 4.78 is 7.36. The van der Waals surface area contributed by atoms with Crippen LogP contribution < -0.4 is 9.64 Å². The Bertz CT molecular complexity index is 947. The van der Waals surface area contributed by atoms with Gasteiger partial charge in [0.25, 0.3) is 0 Å². The van der Waals surface area contributed by atoms with Crippen molar-refractivity contribution >= 4 is 5.69 Å². The minimum atomic E-state index is -0.738. The average Bonchev–Trinajstić information content (AvgIpc) is 3.20. The van der Waals surface area contributed by atoms with Gasteiger partial charge in [0, 0.05) is 69.0 Å². The molecule has 0 amide bonds. The number of ether oxygens (including phenoxy) is 1. The Hall–Kier alpha value is -2.83. The number of aliphatic hydroxyl groups excluding tert-OH is 1. The number of aliphatic hydroxyl groups is 1. The molecule has 1 fully saturated rings. The monoisotopic (exact) mass is 392 g/mol. The highest BCUT2D eigenvalue weighted by Gasteiger charge is 2.24. The summed E-state index contributed by atoms with van der Waals surface area (Å²) in [4.78, 5) is 9.14. The zero-order valence-electron chi connectivity index (χ0n) is 17.0. The lowest BCUT2D eigenvalue weighted by molar-refractivity contribution is 0.205. The van der Waals surface area contributed by atoms with Crippen LogP contribution >= 0.6 is 0 Å². The Morgan fingerprint density at radius 3 is 2.48 bits per heavy atom. The number of nitrogens with zero attached hydrogens (tertiary/aromatic N) is 4. The van der Waals surface area contributed by atoms with E-state index in [9.17, 15) is 5.11 Å². The summed E-state index contributed by atoms with van der Waals surface area (Å²) in [6.07, 6.45) is 2.84. The minimum absolute atomic E-state index is 0.659. The second kappa shape index (κ2) is 8.68. The molecule has 152 valence electrons. The molecule has 0 bridgehead atoms. The van der Waals surface area contributed by atoms with Gasteiger partial charge in [-0.1, -0.05) is 36.4 Å². The third-order valence-electron chi connectivity index (χ3n) is 5.63. The predicted molar refractivity (Wildman–Crippen MR) is 114 cm³/mol. The van der Waals surface area contributed by atoms with Crippen molar-refractivity contribution < 1.29 is 9.84 Å². The zero-order valence-corrected chi connectivity index (χ0v) is 17.0. The molecule has 0 aliphatic carbocycles. The number of rotatable bonds is 6. The van der Waals surface area contributed by atoms with E-state index in [0.29, 0.717) is 5.82 Å². The first-order valence-electron chi connectivity index (χ1n) is 10.0. The van der Waals surface area contributed by atoms with Crippen LogP contribution in [-0.4, -0.2) is 52.8 Å². The fraction of sp³-hybridized carbons (Fsp3) is 0.348. The van der Waals surface area contributed by atoms with Crippen LogP contribution in [0.15, 0.2) is 60.9 Å². The van der Waals surface area contributed by atoms with Crippen LogP contribution in [-0.2, 0) is 13.6 Å². The highest BCUT2D eigenvalue weighted by atomic mass is 16.5. The van der Waals surface area contributed by atoms with Crippen LogP contribution in [0.3, 0.4) is 0 Å². The third kappa shape index (κ3) is 4.13. The van der Waals surface area contributed by atoms with Gasteiger partial charge in [0.1, 0.15) is 17.7 Å². The molecule has 0 saturated carbocycles. The van der Waals surface area contributed by atoms with Gasteiger partial charge in [-0.2, -0.15) is 0 Å². The first kappa shape index (κ1) is 19.5. The van der Waals surface area contributed by atoms with E-state index in [1.54, 1.807) is 13.3 Å². The molecule has 6 heteroatoms. The van der Waals surface area contributed by atoms with E-state index >= 15 is 0 Å². The number of piperazine rings is 1. The summed E-state index contributed by atoms with van der Waals surface area (Å²) in [6, 6.07) is 16.3. The molecule has 29 heavy (non-hydrogen) atoms. The van der Waals surface area contributed by atoms with E-state index in [4.69, 9.17) is 4.74 Å². The third-order valence-corrected chi connectivity index (χ3v) is 5.63. The molecule has 6 nitrogen and oxygen atoms in total. The Morgan fingerprint density at radius 1 is 1.03 bits per heavy atom. The average molecular weight is 393 g/mol. The van der Waals surface area contributed by atoms with Crippen molar-refractivity contribution in [2.24, 2.45) is 7.05 Å². The molecule has 1 aliphatic heterocycles. The van der Waals surface area contributed by atoms with E-state index in [1.165, 1.54) is 5.56 Å². The second-order valence-electron chi connectivity index (χ2n) is 7.43. The van der Waals surface area contributed by atoms with Crippen LogP contribution in [0.2, 0.25) is 0 Å². The number of hydrogen-bond donors (Lipinski definition) is 1. The first-order chi connectivity index (χ1) is 14.2. The highest BCUT2D eigenvalue weighted by molar-refractivity contribution is 5.56. The summed E-state index contributed by atoms with van der Waals surface area (Å²) in [6.45, 7) is 4.64. The minimum Gasteiger partial charge on any atom is -0.496 e. The summed E-state index contributed by atoms with van der Waals surface area (Å²) in [7, 11) is 3.63. The summed E-state index contributed by atoms with van der Waals surface area (Å²) in [5, 5.41) is 10.9. The number of anilines is 1. The normalized spacial score (nSPS) is 16.0. The van der Waals surface area contributed by atoms with Crippen LogP contribution in [0.5, 0.6) is 5.75 Å². The Balaban J connectivity index is 1.46. The molecule has 1 aromatic heterocycles. The fourth-order valence-electron chi connectivity index (χ4n) is 4.01. The SMILES string of the molecule is COc1ccccc1CN1CCN(c2ccccc2[C@H](O)c2nccn2C)CC1. The topological polar surface area (TPSA) is 53.8 Å². The molecular formula is C23H28N4O2. The maximum Gasteiger partial charge on any atom is 0.142 e. The number of para-hydroxylation sites is 2. The van der Waals surface area contributed by atoms with Gasteiger partial charge in [-0.05, 0) is 12.1 Å². The molecule has 4 rings (SSSR count). The molecule has 3 aromatic rings. The lowest BCUT2D eigenvalue weighted by Crippen LogP contribution is -2.46. The molecule has 0 spiro atoms. The van der Waals surface area contributed by atoms with Crippen molar-refractivity contribution in [2.45, 2.75) is 12.6 Å². The quantitative estimate of drug-likeness (QED) is 0.699. The van der Waals surface area contributed by atoms with E-state index in [1.807, 2.05) is 48.1 Å². The van der Waals surface area contributed by atoms with Crippen LogP contribution in [0.4, 0.5) is 5.69 Å². The molecule has 1 N–H and O–H groups in total. The van der Waals surface area contributed by atoms with E-state index in [-0.39, 0.29) is 0 Å². The Labute approximate surface area is 172 Å². The van der Waals surface area contributed by atoms with Gasteiger partial charge in [0.05, 0.1) is 7.11 Å². The van der Waals surface area contributed by atoms with Crippen LogP contribution in [0, 0.1) is 0 Å².